The van der Waals surface area contributed by atoms with Crippen molar-refractivity contribution in [3.63, 3.8) is 0 Å². The van der Waals surface area contributed by atoms with Crippen LogP contribution in [-0.4, -0.2) is 33.6 Å². The fourth-order valence-electron chi connectivity index (χ4n) is 7.18. The molecule has 2 bridgehead atoms. The third kappa shape index (κ3) is 8.69. The summed E-state index contributed by atoms with van der Waals surface area (Å²) < 4.78 is 6.31. The Labute approximate surface area is 262 Å². The minimum Gasteiger partial charge on any atom is -0.393 e. The molecular formula is C40H56O3. The first-order valence-electron chi connectivity index (χ1n) is 15.9. The summed E-state index contributed by atoms with van der Waals surface area (Å²) in [6.45, 7) is 21.3. The second kappa shape index (κ2) is 13.9. The zero-order valence-corrected chi connectivity index (χ0v) is 28.4. The third-order valence-corrected chi connectivity index (χ3v) is 9.36. The molecule has 0 amide bonds. The van der Waals surface area contributed by atoms with Crippen molar-refractivity contribution in [1.29, 1.82) is 0 Å². The van der Waals surface area contributed by atoms with Gasteiger partial charge in [0.25, 0.3) is 0 Å². The van der Waals surface area contributed by atoms with Gasteiger partial charge >= 0.3 is 0 Å². The lowest BCUT2D eigenvalue weighted by Crippen LogP contribution is -2.56. The summed E-state index contributed by atoms with van der Waals surface area (Å²) in [5, 5.41) is 21.2. The van der Waals surface area contributed by atoms with Crippen molar-refractivity contribution in [2.45, 2.75) is 118 Å². The first kappa shape index (κ1) is 34.8. The molecule has 0 aromatic rings. The van der Waals surface area contributed by atoms with Crippen LogP contribution in [0.15, 0.2) is 119 Å². The molecule has 0 aromatic heterocycles. The van der Waals surface area contributed by atoms with Crippen molar-refractivity contribution in [1.82, 2.24) is 0 Å². The van der Waals surface area contributed by atoms with Crippen LogP contribution in [-0.2, 0) is 4.74 Å². The van der Waals surface area contributed by atoms with Gasteiger partial charge in [-0.1, -0.05) is 135 Å². The van der Waals surface area contributed by atoms with Gasteiger partial charge in [-0.05, 0) is 77.9 Å². The molecule has 2 fully saturated rings. The van der Waals surface area contributed by atoms with Crippen molar-refractivity contribution < 1.29 is 14.9 Å². The number of hydrogen-bond acceptors (Lipinski definition) is 3. The number of allylic oxidation sites excluding steroid dienone is 18. The Hall–Kier alpha value is -2.72. The van der Waals surface area contributed by atoms with Gasteiger partial charge in [-0.25, -0.2) is 0 Å². The van der Waals surface area contributed by atoms with Crippen LogP contribution < -0.4 is 0 Å². The molecule has 3 heteroatoms. The molecule has 3 nitrogen and oxygen atoms in total. The summed E-state index contributed by atoms with van der Waals surface area (Å²) >= 11 is 0. The Morgan fingerprint density at radius 2 is 1.23 bits per heavy atom. The number of ether oxygens (including phenoxy) is 1. The summed E-state index contributed by atoms with van der Waals surface area (Å²) in [5.74, 6) is 0. The summed E-state index contributed by atoms with van der Waals surface area (Å²) in [5.41, 5.74) is 5.72. The molecule has 3 rings (SSSR count). The first-order valence-corrected chi connectivity index (χ1v) is 15.9. The topological polar surface area (TPSA) is 49.7 Å². The molecule has 0 unspecified atom stereocenters. The highest BCUT2D eigenvalue weighted by molar-refractivity contribution is 5.38. The van der Waals surface area contributed by atoms with Gasteiger partial charge in [0.05, 0.1) is 17.8 Å². The van der Waals surface area contributed by atoms with E-state index in [1.54, 1.807) is 0 Å². The van der Waals surface area contributed by atoms with Crippen LogP contribution in [0.5, 0.6) is 0 Å². The van der Waals surface area contributed by atoms with Crippen molar-refractivity contribution in [2.75, 3.05) is 0 Å². The minimum absolute atomic E-state index is 0.00123. The average molecular weight is 585 g/mol. The van der Waals surface area contributed by atoms with Gasteiger partial charge in [0.1, 0.15) is 5.60 Å². The lowest BCUT2D eigenvalue weighted by molar-refractivity contribution is -0.115. The van der Waals surface area contributed by atoms with Crippen LogP contribution in [0.4, 0.5) is 0 Å². The molecule has 2 N–H and O–H groups in total. The minimum atomic E-state index is -0.844. The Balaban J connectivity index is 1.52. The number of hydrogen-bond donors (Lipinski definition) is 2. The maximum atomic E-state index is 11.1. The molecule has 43 heavy (non-hydrogen) atoms. The third-order valence-electron chi connectivity index (χ3n) is 9.36. The van der Waals surface area contributed by atoms with Gasteiger partial charge in [0, 0.05) is 11.8 Å². The molecule has 1 aliphatic carbocycles. The summed E-state index contributed by atoms with van der Waals surface area (Å²) in [6, 6.07) is 0. The summed E-state index contributed by atoms with van der Waals surface area (Å²) in [4.78, 5) is 0. The predicted octanol–water partition coefficient (Wildman–Crippen LogP) is 9.76. The molecule has 2 heterocycles. The highest BCUT2D eigenvalue weighted by Crippen LogP contribution is 2.60. The molecular weight excluding hydrogens is 528 g/mol. The quantitative estimate of drug-likeness (QED) is 0.251. The molecule has 3 aliphatic rings. The smallest absolute Gasteiger partial charge is 0.120 e. The average Bonchev–Trinajstić information content (AvgIpc) is 3.28. The van der Waals surface area contributed by atoms with Crippen LogP contribution in [0, 0.1) is 10.8 Å². The maximum absolute atomic E-state index is 11.1. The van der Waals surface area contributed by atoms with E-state index in [0.29, 0.717) is 6.42 Å². The lowest BCUT2D eigenvalue weighted by atomic mass is 9.61. The number of fused-ring (bicyclic) bond motifs is 2. The fourth-order valence-corrected chi connectivity index (χ4v) is 7.18. The maximum Gasteiger partial charge on any atom is 0.120 e. The van der Waals surface area contributed by atoms with Gasteiger partial charge in [0.2, 0.25) is 0 Å². The Kier molecular flexibility index (Phi) is 11.3. The Morgan fingerprint density at radius 3 is 1.74 bits per heavy atom. The fraction of sp³-hybridized carbons (Fsp3) is 0.500. The van der Waals surface area contributed by atoms with E-state index in [4.69, 9.17) is 4.74 Å². The van der Waals surface area contributed by atoms with E-state index in [1.165, 1.54) is 22.3 Å². The van der Waals surface area contributed by atoms with E-state index < -0.39 is 11.2 Å². The molecule has 234 valence electrons. The predicted molar refractivity (Wildman–Crippen MR) is 184 cm³/mol. The second-order valence-electron chi connectivity index (χ2n) is 14.6. The molecule has 0 aromatic carbocycles. The van der Waals surface area contributed by atoms with Gasteiger partial charge in [-0.2, -0.15) is 0 Å². The first-order chi connectivity index (χ1) is 20.0. The van der Waals surface area contributed by atoms with Crippen molar-refractivity contribution in [3.05, 3.63) is 119 Å². The van der Waals surface area contributed by atoms with E-state index >= 15 is 0 Å². The van der Waals surface area contributed by atoms with Crippen LogP contribution in [0.3, 0.4) is 0 Å². The molecule has 4 atom stereocenters. The van der Waals surface area contributed by atoms with Crippen molar-refractivity contribution >= 4 is 0 Å². The zero-order chi connectivity index (χ0) is 32.1. The van der Waals surface area contributed by atoms with Gasteiger partial charge < -0.3 is 14.9 Å². The van der Waals surface area contributed by atoms with Crippen molar-refractivity contribution in [3.8, 4) is 0 Å². The summed E-state index contributed by atoms with van der Waals surface area (Å²) in [6.07, 6.45) is 32.7. The van der Waals surface area contributed by atoms with Crippen LogP contribution in [0.2, 0.25) is 0 Å². The highest BCUT2D eigenvalue weighted by Gasteiger charge is 2.67. The van der Waals surface area contributed by atoms with E-state index in [2.05, 4.69) is 147 Å². The number of aliphatic hydroxyl groups excluding tert-OH is 1. The van der Waals surface area contributed by atoms with Crippen molar-refractivity contribution in [2.24, 2.45) is 10.8 Å². The van der Waals surface area contributed by atoms with Gasteiger partial charge in [-0.15, -0.1) is 0 Å². The molecule has 0 saturated carbocycles. The standard InChI is InChI=1S/C40H56O3/c1-29(17-13-19-31(3)21-22-36-33(5)25-34(41)26-37(36,6)7)15-11-12-16-30(2)18-14-20-32(4)23-24-40-38(8,9)27-35(43-40)28-39(40,10)42/h11-24,34-35,41-42H,25-28H2,1-10H3/b12-11+,17-13+,18-14+,22-21+,24-23+,29-15+,30-16+,31-19+,32-20-/t34-,35+,39-,40-/m1/s1. The normalized spacial score (nSPS) is 32.3. The van der Waals surface area contributed by atoms with Crippen LogP contribution >= 0.6 is 0 Å². The Morgan fingerprint density at radius 1 is 0.721 bits per heavy atom. The van der Waals surface area contributed by atoms with E-state index in [1.807, 2.05) is 6.92 Å². The number of rotatable bonds is 10. The monoisotopic (exact) mass is 584 g/mol. The lowest BCUT2D eigenvalue weighted by Gasteiger charge is -2.46. The van der Waals surface area contributed by atoms with Gasteiger partial charge in [-0.3, -0.25) is 0 Å². The second-order valence-corrected chi connectivity index (χ2v) is 14.6. The molecule has 0 spiro atoms. The van der Waals surface area contributed by atoms with Gasteiger partial charge in [0.15, 0.2) is 0 Å². The molecule has 0 radical (unpaired) electrons. The Bertz CT molecular complexity index is 1310. The SMILES string of the molecule is CC1=C(/C=C/C(C)=C/C=C/C(C)=C/C=C/C=C(C)/C=C/C=C(C)\C=C\[C@@]23O[C@@H](CC2(C)C)C[C@@]3(C)O)C(C)(C)C[C@H](O)C1. The van der Waals surface area contributed by atoms with E-state index in [9.17, 15) is 10.2 Å². The molecule has 2 aliphatic heterocycles. The largest absolute Gasteiger partial charge is 0.393 e. The summed E-state index contributed by atoms with van der Waals surface area (Å²) in [7, 11) is 0. The van der Waals surface area contributed by atoms with Crippen LogP contribution in [0.25, 0.3) is 0 Å². The van der Waals surface area contributed by atoms with Crippen LogP contribution in [0.1, 0.15) is 94.9 Å². The van der Waals surface area contributed by atoms with E-state index in [0.717, 1.165) is 30.4 Å². The van der Waals surface area contributed by atoms with E-state index in [-0.39, 0.29) is 23.0 Å². The molecule has 2 saturated heterocycles. The zero-order valence-electron chi connectivity index (χ0n) is 28.4. The highest BCUT2D eigenvalue weighted by atomic mass is 16.5. The number of aliphatic hydroxyl groups is 2.